The zero-order valence-electron chi connectivity index (χ0n) is 15.7. The molecule has 2 atom stereocenters. The SMILES string of the molecule is O=C(Nc1ccc(Cl)cc1)N1C[C@@H]2C[C@H](C1)c1c(-c3cccs3)ccc(=O)n1C2. The number of pyridine rings is 1. The highest BCUT2D eigenvalue weighted by Gasteiger charge is 2.38. The highest BCUT2D eigenvalue weighted by molar-refractivity contribution is 7.13. The molecule has 7 heteroatoms. The maximum atomic E-state index is 12.9. The first-order valence-electron chi connectivity index (χ1n) is 9.67. The first-order valence-corrected chi connectivity index (χ1v) is 10.9. The van der Waals surface area contributed by atoms with E-state index in [2.05, 4.69) is 16.8 Å². The number of aromatic nitrogens is 1. The molecular weight excluding hydrogens is 406 g/mol. The zero-order chi connectivity index (χ0) is 20.0. The Labute approximate surface area is 177 Å². The van der Waals surface area contributed by atoms with Crippen LogP contribution in [0.25, 0.3) is 10.4 Å². The number of nitrogens with one attached hydrogen (secondary N) is 1. The number of nitrogens with zero attached hydrogens (tertiary/aromatic N) is 2. The van der Waals surface area contributed by atoms with Crippen LogP contribution in [-0.4, -0.2) is 28.6 Å². The zero-order valence-corrected chi connectivity index (χ0v) is 17.2. The van der Waals surface area contributed by atoms with Crippen LogP contribution in [0.2, 0.25) is 5.02 Å². The van der Waals surface area contributed by atoms with Gasteiger partial charge in [-0.25, -0.2) is 4.79 Å². The van der Waals surface area contributed by atoms with Crippen LogP contribution in [0.1, 0.15) is 18.0 Å². The number of halogens is 1. The fourth-order valence-corrected chi connectivity index (χ4v) is 5.44. The first kappa shape index (κ1) is 18.5. The molecule has 3 aromatic rings. The van der Waals surface area contributed by atoms with E-state index >= 15 is 0 Å². The van der Waals surface area contributed by atoms with Crippen molar-refractivity contribution in [3.63, 3.8) is 0 Å². The van der Waals surface area contributed by atoms with Crippen molar-refractivity contribution in [3.8, 4) is 10.4 Å². The van der Waals surface area contributed by atoms with Crippen LogP contribution >= 0.6 is 22.9 Å². The average molecular weight is 426 g/mol. The summed E-state index contributed by atoms with van der Waals surface area (Å²) in [6.07, 6.45) is 1.01. The second-order valence-corrected chi connectivity index (χ2v) is 9.08. The van der Waals surface area contributed by atoms with Crippen molar-refractivity contribution in [1.82, 2.24) is 9.47 Å². The second kappa shape index (κ2) is 7.35. The minimum atomic E-state index is -0.105. The lowest BCUT2D eigenvalue weighted by Gasteiger charge is -2.43. The third-order valence-electron chi connectivity index (χ3n) is 5.76. The molecule has 5 rings (SSSR count). The fraction of sp³-hybridized carbons (Fsp3) is 0.273. The van der Waals surface area contributed by atoms with Gasteiger partial charge in [0.05, 0.1) is 0 Å². The molecule has 4 heterocycles. The van der Waals surface area contributed by atoms with Crippen molar-refractivity contribution in [2.45, 2.75) is 18.9 Å². The Morgan fingerprint density at radius 3 is 2.66 bits per heavy atom. The van der Waals surface area contributed by atoms with Crippen LogP contribution in [0, 0.1) is 5.92 Å². The number of anilines is 1. The predicted octanol–water partition coefficient (Wildman–Crippen LogP) is 4.88. The Morgan fingerprint density at radius 2 is 1.90 bits per heavy atom. The Morgan fingerprint density at radius 1 is 1.07 bits per heavy atom. The van der Waals surface area contributed by atoms with Gasteiger partial charge in [-0.2, -0.15) is 0 Å². The molecule has 148 valence electrons. The molecule has 2 aromatic heterocycles. The van der Waals surface area contributed by atoms with E-state index in [1.807, 2.05) is 21.6 Å². The van der Waals surface area contributed by atoms with E-state index < -0.39 is 0 Å². The van der Waals surface area contributed by atoms with Crippen molar-refractivity contribution in [2.75, 3.05) is 18.4 Å². The van der Waals surface area contributed by atoms with Crippen LogP contribution < -0.4 is 10.9 Å². The lowest BCUT2D eigenvalue weighted by Crippen LogP contribution is -2.50. The van der Waals surface area contributed by atoms with Gasteiger partial charge in [-0.15, -0.1) is 11.3 Å². The number of urea groups is 1. The molecule has 1 N–H and O–H groups in total. The molecule has 2 amide bonds. The van der Waals surface area contributed by atoms with Gasteiger partial charge < -0.3 is 14.8 Å². The van der Waals surface area contributed by atoms with Gasteiger partial charge >= 0.3 is 6.03 Å². The van der Waals surface area contributed by atoms with Gasteiger partial charge in [0.2, 0.25) is 0 Å². The molecular formula is C22H20ClN3O2S. The number of rotatable bonds is 2. The molecule has 0 unspecified atom stereocenters. The summed E-state index contributed by atoms with van der Waals surface area (Å²) in [4.78, 5) is 28.5. The van der Waals surface area contributed by atoms with Gasteiger partial charge in [0.15, 0.2) is 0 Å². The summed E-state index contributed by atoms with van der Waals surface area (Å²) in [5, 5.41) is 5.66. The Hall–Kier alpha value is -2.57. The minimum absolute atomic E-state index is 0.0501. The first-order chi connectivity index (χ1) is 14.1. The second-order valence-electron chi connectivity index (χ2n) is 7.70. The largest absolute Gasteiger partial charge is 0.324 e. The lowest BCUT2D eigenvalue weighted by atomic mass is 9.81. The maximum absolute atomic E-state index is 12.9. The molecule has 0 aliphatic carbocycles. The lowest BCUT2D eigenvalue weighted by molar-refractivity contribution is 0.140. The molecule has 1 aromatic carbocycles. The normalized spacial score (nSPS) is 20.2. The van der Waals surface area contributed by atoms with Crippen LogP contribution in [-0.2, 0) is 6.54 Å². The predicted molar refractivity (Wildman–Crippen MR) is 117 cm³/mol. The molecule has 0 radical (unpaired) electrons. The number of amides is 2. The maximum Gasteiger partial charge on any atom is 0.321 e. The van der Waals surface area contributed by atoms with E-state index in [1.54, 1.807) is 41.7 Å². The number of piperidine rings is 1. The smallest absolute Gasteiger partial charge is 0.321 e. The van der Waals surface area contributed by atoms with Gasteiger partial charge in [-0.3, -0.25) is 4.79 Å². The van der Waals surface area contributed by atoms with Gasteiger partial charge in [0.25, 0.3) is 5.56 Å². The van der Waals surface area contributed by atoms with Crippen LogP contribution in [0.3, 0.4) is 0 Å². The van der Waals surface area contributed by atoms with E-state index in [1.165, 1.54) is 0 Å². The third kappa shape index (κ3) is 3.47. The molecule has 1 fully saturated rings. The summed E-state index contributed by atoms with van der Waals surface area (Å²) in [6, 6.07) is 14.7. The molecule has 0 saturated carbocycles. The number of likely N-dealkylation sites (tertiary alicyclic amines) is 1. The van der Waals surface area contributed by atoms with E-state index in [0.717, 1.165) is 28.2 Å². The summed E-state index contributed by atoms with van der Waals surface area (Å²) >= 11 is 7.61. The summed E-state index contributed by atoms with van der Waals surface area (Å²) in [5.41, 5.74) is 2.96. The molecule has 2 bridgehead atoms. The number of carbonyl (C=O) groups excluding carboxylic acids is 1. The van der Waals surface area contributed by atoms with Crippen molar-refractivity contribution < 1.29 is 4.79 Å². The molecule has 0 spiro atoms. The standard InChI is InChI=1S/C22H20ClN3O2S/c23-16-3-5-17(6-4-16)24-22(28)25-11-14-10-15(13-25)21-18(19-2-1-9-29-19)7-8-20(27)26(21)12-14/h1-9,14-15H,10-13H2,(H,24,28)/t14-,15+/m0/s1. The van der Waals surface area contributed by atoms with E-state index in [4.69, 9.17) is 11.6 Å². The summed E-state index contributed by atoms with van der Waals surface area (Å²) in [7, 11) is 0. The molecule has 5 nitrogen and oxygen atoms in total. The monoisotopic (exact) mass is 425 g/mol. The average Bonchev–Trinajstić information content (AvgIpc) is 3.25. The van der Waals surface area contributed by atoms with E-state index in [-0.39, 0.29) is 23.4 Å². The van der Waals surface area contributed by atoms with Gasteiger partial charge in [-0.05, 0) is 54.1 Å². The van der Waals surface area contributed by atoms with Crippen molar-refractivity contribution in [1.29, 1.82) is 0 Å². The number of hydrogen-bond acceptors (Lipinski definition) is 3. The van der Waals surface area contributed by atoms with E-state index in [9.17, 15) is 9.59 Å². The van der Waals surface area contributed by atoms with Gasteiger partial charge in [0, 0.05) is 58.5 Å². The van der Waals surface area contributed by atoms with Gasteiger partial charge in [-0.1, -0.05) is 17.7 Å². The van der Waals surface area contributed by atoms with Crippen molar-refractivity contribution in [3.05, 3.63) is 75.0 Å². The van der Waals surface area contributed by atoms with E-state index in [0.29, 0.717) is 24.7 Å². The minimum Gasteiger partial charge on any atom is -0.324 e. The van der Waals surface area contributed by atoms with Crippen molar-refractivity contribution in [2.24, 2.45) is 5.92 Å². The topological polar surface area (TPSA) is 54.3 Å². The van der Waals surface area contributed by atoms with Crippen LogP contribution in [0.5, 0.6) is 0 Å². The Kier molecular flexibility index (Phi) is 4.68. The van der Waals surface area contributed by atoms with Crippen LogP contribution in [0.4, 0.5) is 10.5 Å². The number of thiophene rings is 1. The molecule has 1 saturated heterocycles. The van der Waals surface area contributed by atoms with Crippen LogP contribution in [0.15, 0.2) is 58.7 Å². The summed E-state index contributed by atoms with van der Waals surface area (Å²) in [5.74, 6) is 0.443. The highest BCUT2D eigenvalue weighted by Crippen LogP contribution is 2.41. The quantitative estimate of drug-likeness (QED) is 0.636. The van der Waals surface area contributed by atoms with Gasteiger partial charge in [0.1, 0.15) is 0 Å². The van der Waals surface area contributed by atoms with Crippen molar-refractivity contribution >= 4 is 34.7 Å². The summed E-state index contributed by atoms with van der Waals surface area (Å²) < 4.78 is 1.93. The Balaban J connectivity index is 1.44. The fourth-order valence-electron chi connectivity index (χ4n) is 4.56. The molecule has 2 aliphatic heterocycles. The number of fused-ring (bicyclic) bond motifs is 4. The molecule has 29 heavy (non-hydrogen) atoms. The molecule has 2 aliphatic rings. The summed E-state index contributed by atoms with van der Waals surface area (Å²) in [6.45, 7) is 1.93. The number of carbonyl (C=O) groups is 1. The number of benzene rings is 1. The Bertz CT molecular complexity index is 1110. The number of hydrogen-bond donors (Lipinski definition) is 1. The highest BCUT2D eigenvalue weighted by atomic mass is 35.5. The third-order valence-corrected chi connectivity index (χ3v) is 6.91.